The molecule has 0 saturated heterocycles. The predicted molar refractivity (Wildman–Crippen MR) is 88.2 cm³/mol. The zero-order chi connectivity index (χ0) is 16.8. The van der Waals surface area contributed by atoms with Crippen LogP contribution in [-0.2, 0) is 20.9 Å². The van der Waals surface area contributed by atoms with Crippen LogP contribution in [0.1, 0.15) is 13.8 Å². The minimum Gasteiger partial charge on any atom is -0.468 e. The lowest BCUT2D eigenvalue weighted by Gasteiger charge is -2.08. The Labute approximate surface area is 138 Å². The van der Waals surface area contributed by atoms with Crippen LogP contribution < -0.4 is 5.32 Å². The molecule has 7 nitrogen and oxygen atoms in total. The van der Waals surface area contributed by atoms with E-state index in [0.717, 1.165) is 5.56 Å². The van der Waals surface area contributed by atoms with Crippen LogP contribution in [0.15, 0.2) is 29.4 Å². The van der Waals surface area contributed by atoms with Crippen LogP contribution in [0, 0.1) is 0 Å². The Bertz CT molecular complexity index is 714. The monoisotopic (exact) mass is 334 g/mol. The number of thioether (sulfide) groups is 1. The molecule has 0 saturated carbocycles. The van der Waals surface area contributed by atoms with Crippen molar-refractivity contribution < 1.29 is 14.3 Å². The Kier molecular flexibility index (Phi) is 5.75. The Morgan fingerprint density at radius 1 is 1.35 bits per heavy atom. The molecule has 0 aliphatic carbocycles. The van der Waals surface area contributed by atoms with Gasteiger partial charge in [-0.05, 0) is 19.1 Å². The third-order valence-electron chi connectivity index (χ3n) is 3.02. The van der Waals surface area contributed by atoms with Crippen molar-refractivity contribution >= 4 is 29.3 Å². The van der Waals surface area contributed by atoms with Gasteiger partial charge in [0.2, 0.25) is 5.91 Å². The first-order valence-corrected chi connectivity index (χ1v) is 8.04. The third-order valence-corrected chi connectivity index (χ3v) is 3.96. The second-order valence-electron chi connectivity index (χ2n) is 4.68. The fraction of sp³-hybridized carbons (Fsp3) is 0.333. The van der Waals surface area contributed by atoms with Gasteiger partial charge in [-0.2, -0.15) is 0 Å². The van der Waals surface area contributed by atoms with Crippen LogP contribution in [0.25, 0.3) is 11.4 Å². The molecule has 0 unspecified atom stereocenters. The molecule has 0 spiro atoms. The number of amides is 1. The van der Waals surface area contributed by atoms with Crippen molar-refractivity contribution in [2.45, 2.75) is 25.5 Å². The van der Waals surface area contributed by atoms with Gasteiger partial charge in [-0.3, -0.25) is 9.59 Å². The van der Waals surface area contributed by atoms with E-state index in [1.54, 1.807) is 0 Å². The highest BCUT2D eigenvalue weighted by atomic mass is 32.2. The molecule has 1 amide bonds. The van der Waals surface area contributed by atoms with E-state index in [4.69, 9.17) is 0 Å². The maximum Gasteiger partial charge on any atom is 0.316 e. The average Bonchev–Trinajstić information content (AvgIpc) is 2.95. The standard InChI is InChI=1S/C15H18N4O3S/c1-4-19-14(17-18-15(19)23-9-13(21)22-3)11-6-5-7-12(8-11)16-10(2)20/h5-8H,4,9H2,1-3H3,(H,16,20). The first kappa shape index (κ1) is 17.0. The van der Waals surface area contributed by atoms with Crippen molar-refractivity contribution in [3.8, 4) is 11.4 Å². The zero-order valence-corrected chi connectivity index (χ0v) is 14.0. The number of hydrogen-bond acceptors (Lipinski definition) is 6. The van der Waals surface area contributed by atoms with E-state index in [1.165, 1.54) is 25.8 Å². The Balaban J connectivity index is 2.27. The van der Waals surface area contributed by atoms with E-state index in [2.05, 4.69) is 20.3 Å². The van der Waals surface area contributed by atoms with Crippen LogP contribution in [0.3, 0.4) is 0 Å². The molecule has 0 radical (unpaired) electrons. The fourth-order valence-corrected chi connectivity index (χ4v) is 2.85. The molecule has 2 rings (SSSR count). The molecular weight excluding hydrogens is 316 g/mol. The van der Waals surface area contributed by atoms with Crippen molar-refractivity contribution in [1.29, 1.82) is 0 Å². The molecule has 1 heterocycles. The number of aromatic nitrogens is 3. The Hall–Kier alpha value is -2.35. The molecule has 2 aromatic rings. The van der Waals surface area contributed by atoms with Gasteiger partial charge in [0.15, 0.2) is 11.0 Å². The van der Waals surface area contributed by atoms with Gasteiger partial charge >= 0.3 is 5.97 Å². The number of methoxy groups -OCH3 is 1. The van der Waals surface area contributed by atoms with E-state index in [0.29, 0.717) is 23.2 Å². The SMILES string of the molecule is CCn1c(SCC(=O)OC)nnc1-c1cccc(NC(C)=O)c1. The summed E-state index contributed by atoms with van der Waals surface area (Å²) in [5, 5.41) is 11.7. The second kappa shape index (κ2) is 7.77. The normalized spacial score (nSPS) is 10.4. The minimum atomic E-state index is -0.310. The van der Waals surface area contributed by atoms with Crippen LogP contribution >= 0.6 is 11.8 Å². The number of esters is 1. The number of carbonyl (C=O) groups excluding carboxylic acids is 2. The summed E-state index contributed by atoms with van der Waals surface area (Å²) in [6, 6.07) is 7.39. The van der Waals surface area contributed by atoms with E-state index >= 15 is 0 Å². The number of carbonyl (C=O) groups is 2. The van der Waals surface area contributed by atoms with Gasteiger partial charge < -0.3 is 14.6 Å². The van der Waals surface area contributed by atoms with Gasteiger partial charge in [0.25, 0.3) is 0 Å². The lowest BCUT2D eigenvalue weighted by atomic mass is 10.2. The van der Waals surface area contributed by atoms with E-state index in [-0.39, 0.29) is 17.6 Å². The van der Waals surface area contributed by atoms with E-state index < -0.39 is 0 Å². The van der Waals surface area contributed by atoms with Crippen molar-refractivity contribution in [2.75, 3.05) is 18.2 Å². The smallest absolute Gasteiger partial charge is 0.316 e. The van der Waals surface area contributed by atoms with Gasteiger partial charge in [-0.25, -0.2) is 0 Å². The predicted octanol–water partition coefficient (Wildman–Crippen LogP) is 2.19. The van der Waals surface area contributed by atoms with Gasteiger partial charge in [0.05, 0.1) is 12.9 Å². The number of nitrogens with one attached hydrogen (secondary N) is 1. The van der Waals surface area contributed by atoms with Crippen LogP contribution in [-0.4, -0.2) is 39.5 Å². The van der Waals surface area contributed by atoms with Crippen molar-refractivity contribution in [2.24, 2.45) is 0 Å². The largest absolute Gasteiger partial charge is 0.468 e. The Morgan fingerprint density at radius 2 is 2.13 bits per heavy atom. The lowest BCUT2D eigenvalue weighted by Crippen LogP contribution is -2.07. The summed E-state index contributed by atoms with van der Waals surface area (Å²) in [6.45, 7) is 4.10. The molecule has 1 aromatic carbocycles. The zero-order valence-electron chi connectivity index (χ0n) is 13.2. The number of rotatable bonds is 6. The van der Waals surface area contributed by atoms with Crippen molar-refractivity contribution in [1.82, 2.24) is 14.8 Å². The second-order valence-corrected chi connectivity index (χ2v) is 5.62. The van der Waals surface area contributed by atoms with Gasteiger partial charge in [-0.1, -0.05) is 23.9 Å². The summed E-state index contributed by atoms with van der Waals surface area (Å²) in [5.41, 5.74) is 1.54. The summed E-state index contributed by atoms with van der Waals surface area (Å²) in [5.74, 6) is 0.427. The number of benzene rings is 1. The molecule has 0 aliphatic heterocycles. The van der Waals surface area contributed by atoms with Gasteiger partial charge in [-0.15, -0.1) is 10.2 Å². The summed E-state index contributed by atoms with van der Waals surface area (Å²) >= 11 is 1.28. The van der Waals surface area contributed by atoms with E-state index in [9.17, 15) is 9.59 Å². The average molecular weight is 334 g/mol. The molecule has 0 bridgehead atoms. The highest BCUT2D eigenvalue weighted by Crippen LogP contribution is 2.25. The molecule has 0 aliphatic rings. The molecule has 23 heavy (non-hydrogen) atoms. The first-order valence-electron chi connectivity index (χ1n) is 7.06. The highest BCUT2D eigenvalue weighted by molar-refractivity contribution is 7.99. The number of nitrogens with zero attached hydrogens (tertiary/aromatic N) is 3. The third kappa shape index (κ3) is 4.32. The van der Waals surface area contributed by atoms with Crippen molar-refractivity contribution in [3.05, 3.63) is 24.3 Å². The molecule has 122 valence electrons. The maximum absolute atomic E-state index is 11.3. The van der Waals surface area contributed by atoms with Gasteiger partial charge in [0, 0.05) is 24.7 Å². The Morgan fingerprint density at radius 3 is 2.78 bits per heavy atom. The van der Waals surface area contributed by atoms with Crippen LogP contribution in [0.5, 0.6) is 0 Å². The summed E-state index contributed by atoms with van der Waals surface area (Å²) < 4.78 is 6.55. The fourth-order valence-electron chi connectivity index (χ4n) is 2.02. The topological polar surface area (TPSA) is 86.1 Å². The number of ether oxygens (including phenoxy) is 1. The molecule has 1 N–H and O–H groups in total. The minimum absolute atomic E-state index is 0.131. The van der Waals surface area contributed by atoms with Gasteiger partial charge in [0.1, 0.15) is 0 Å². The molecule has 0 atom stereocenters. The highest BCUT2D eigenvalue weighted by Gasteiger charge is 2.15. The summed E-state index contributed by atoms with van der Waals surface area (Å²) in [6.07, 6.45) is 0. The first-order chi connectivity index (χ1) is 11.0. The molecule has 0 fully saturated rings. The van der Waals surface area contributed by atoms with Crippen LogP contribution in [0.4, 0.5) is 5.69 Å². The molecule has 8 heteroatoms. The lowest BCUT2D eigenvalue weighted by molar-refractivity contribution is -0.137. The molecular formula is C15H18N4O3S. The molecule has 1 aromatic heterocycles. The van der Waals surface area contributed by atoms with E-state index in [1.807, 2.05) is 35.8 Å². The number of hydrogen-bond donors (Lipinski definition) is 1. The van der Waals surface area contributed by atoms with Crippen LogP contribution in [0.2, 0.25) is 0 Å². The number of anilines is 1. The van der Waals surface area contributed by atoms with Crippen molar-refractivity contribution in [3.63, 3.8) is 0 Å². The quantitative estimate of drug-likeness (QED) is 0.644. The maximum atomic E-state index is 11.3. The summed E-state index contributed by atoms with van der Waals surface area (Å²) in [4.78, 5) is 22.4. The summed E-state index contributed by atoms with van der Waals surface area (Å²) in [7, 11) is 1.35.